The standard InChI is InChI=1S/C10H11NO5/c1-13-7-5(10(11)12)3-6-8(9(7)14-2)16-4-15-6/h3H,4H2,1-2H3,(H2,11,12). The zero-order valence-electron chi connectivity index (χ0n) is 8.90. The molecular weight excluding hydrogens is 214 g/mol. The van der Waals surface area contributed by atoms with Gasteiger partial charge in [0.1, 0.15) is 0 Å². The van der Waals surface area contributed by atoms with Gasteiger partial charge in [-0.05, 0) is 0 Å². The van der Waals surface area contributed by atoms with Crippen LogP contribution in [0.5, 0.6) is 23.0 Å². The van der Waals surface area contributed by atoms with E-state index in [0.29, 0.717) is 17.2 Å². The molecule has 0 fully saturated rings. The maximum absolute atomic E-state index is 11.2. The van der Waals surface area contributed by atoms with Crippen molar-refractivity contribution in [3.63, 3.8) is 0 Å². The molecule has 1 amide bonds. The highest BCUT2D eigenvalue weighted by molar-refractivity contribution is 5.98. The fourth-order valence-corrected chi connectivity index (χ4v) is 1.57. The summed E-state index contributed by atoms with van der Waals surface area (Å²) < 4.78 is 20.6. The first-order chi connectivity index (χ1) is 7.69. The van der Waals surface area contributed by atoms with Crippen molar-refractivity contribution < 1.29 is 23.7 Å². The molecule has 0 saturated carbocycles. The number of primary amides is 1. The average molecular weight is 225 g/mol. The van der Waals surface area contributed by atoms with Crippen LogP contribution in [-0.2, 0) is 0 Å². The van der Waals surface area contributed by atoms with Gasteiger partial charge in [0.15, 0.2) is 11.5 Å². The van der Waals surface area contributed by atoms with Crippen LogP contribution in [0, 0.1) is 0 Å². The number of nitrogens with two attached hydrogens (primary N) is 1. The monoisotopic (exact) mass is 225 g/mol. The highest BCUT2D eigenvalue weighted by atomic mass is 16.7. The number of carbonyl (C=O) groups is 1. The summed E-state index contributed by atoms with van der Waals surface area (Å²) in [5.41, 5.74) is 5.43. The van der Waals surface area contributed by atoms with E-state index in [-0.39, 0.29) is 18.1 Å². The van der Waals surface area contributed by atoms with Gasteiger partial charge in [-0.15, -0.1) is 0 Å². The smallest absolute Gasteiger partial charge is 0.252 e. The first-order valence-electron chi connectivity index (χ1n) is 4.53. The van der Waals surface area contributed by atoms with E-state index < -0.39 is 5.91 Å². The molecule has 0 aromatic heterocycles. The van der Waals surface area contributed by atoms with Crippen LogP contribution in [0.4, 0.5) is 0 Å². The van der Waals surface area contributed by atoms with Crippen molar-refractivity contribution in [3.8, 4) is 23.0 Å². The lowest BCUT2D eigenvalue weighted by Gasteiger charge is -2.12. The Morgan fingerprint density at radius 2 is 2.00 bits per heavy atom. The minimum Gasteiger partial charge on any atom is -0.492 e. The molecule has 2 rings (SSSR count). The first-order valence-corrected chi connectivity index (χ1v) is 4.53. The van der Waals surface area contributed by atoms with E-state index in [9.17, 15) is 4.79 Å². The van der Waals surface area contributed by atoms with Crippen LogP contribution < -0.4 is 24.7 Å². The zero-order valence-corrected chi connectivity index (χ0v) is 8.90. The van der Waals surface area contributed by atoms with Crippen molar-refractivity contribution in [1.82, 2.24) is 0 Å². The van der Waals surface area contributed by atoms with Gasteiger partial charge in [0.05, 0.1) is 19.8 Å². The third kappa shape index (κ3) is 1.39. The fourth-order valence-electron chi connectivity index (χ4n) is 1.57. The Kier molecular flexibility index (Phi) is 2.47. The van der Waals surface area contributed by atoms with Crippen LogP contribution in [-0.4, -0.2) is 26.9 Å². The van der Waals surface area contributed by atoms with Crippen molar-refractivity contribution >= 4 is 5.91 Å². The van der Waals surface area contributed by atoms with E-state index in [2.05, 4.69) is 0 Å². The van der Waals surface area contributed by atoms with E-state index in [0.717, 1.165) is 0 Å². The summed E-state index contributed by atoms with van der Waals surface area (Å²) in [6, 6.07) is 1.48. The highest BCUT2D eigenvalue weighted by Crippen LogP contribution is 2.48. The Bertz CT molecular complexity index is 443. The maximum Gasteiger partial charge on any atom is 0.252 e. The number of carbonyl (C=O) groups excluding carboxylic acids is 1. The molecule has 0 radical (unpaired) electrons. The van der Waals surface area contributed by atoms with Crippen molar-refractivity contribution in [2.24, 2.45) is 5.73 Å². The summed E-state index contributed by atoms with van der Waals surface area (Å²) in [4.78, 5) is 11.2. The molecule has 0 aliphatic carbocycles. The number of ether oxygens (including phenoxy) is 4. The zero-order chi connectivity index (χ0) is 11.7. The van der Waals surface area contributed by atoms with Crippen LogP contribution in [0.15, 0.2) is 6.07 Å². The molecular formula is C10H11NO5. The van der Waals surface area contributed by atoms with Gasteiger partial charge in [-0.3, -0.25) is 4.79 Å². The second-order valence-electron chi connectivity index (χ2n) is 3.09. The molecule has 1 aliphatic heterocycles. The number of hydrogen-bond acceptors (Lipinski definition) is 5. The lowest BCUT2D eigenvalue weighted by atomic mass is 10.1. The Morgan fingerprint density at radius 3 is 2.56 bits per heavy atom. The summed E-state index contributed by atoms with van der Waals surface area (Å²) in [5.74, 6) is 0.787. The van der Waals surface area contributed by atoms with E-state index in [1.54, 1.807) is 0 Å². The van der Waals surface area contributed by atoms with E-state index >= 15 is 0 Å². The maximum atomic E-state index is 11.2. The van der Waals surface area contributed by atoms with E-state index in [1.807, 2.05) is 0 Å². The van der Waals surface area contributed by atoms with Gasteiger partial charge in [0.25, 0.3) is 5.91 Å². The molecule has 1 aromatic rings. The molecule has 0 bridgehead atoms. The van der Waals surface area contributed by atoms with Crippen LogP contribution >= 0.6 is 0 Å². The molecule has 0 saturated heterocycles. The number of amides is 1. The summed E-state index contributed by atoms with van der Waals surface area (Å²) in [7, 11) is 2.87. The predicted octanol–water partition coefficient (Wildman–Crippen LogP) is 0.531. The predicted molar refractivity (Wildman–Crippen MR) is 54.2 cm³/mol. The second-order valence-corrected chi connectivity index (χ2v) is 3.09. The molecule has 16 heavy (non-hydrogen) atoms. The number of fused-ring (bicyclic) bond motifs is 1. The summed E-state index contributed by atoms with van der Waals surface area (Å²) in [6.07, 6.45) is 0. The van der Waals surface area contributed by atoms with Gasteiger partial charge in [0.2, 0.25) is 18.3 Å². The normalized spacial score (nSPS) is 12.4. The van der Waals surface area contributed by atoms with Crippen molar-refractivity contribution in [2.75, 3.05) is 21.0 Å². The topological polar surface area (TPSA) is 80.0 Å². The summed E-state index contributed by atoms with van der Waals surface area (Å²) in [6.45, 7) is 0.0804. The van der Waals surface area contributed by atoms with Gasteiger partial charge in [-0.1, -0.05) is 0 Å². The van der Waals surface area contributed by atoms with Gasteiger partial charge in [-0.2, -0.15) is 0 Å². The van der Waals surface area contributed by atoms with Crippen LogP contribution in [0.1, 0.15) is 10.4 Å². The number of hydrogen-bond donors (Lipinski definition) is 1. The molecule has 1 aliphatic rings. The van der Waals surface area contributed by atoms with E-state index in [1.165, 1.54) is 20.3 Å². The van der Waals surface area contributed by atoms with Crippen LogP contribution in [0.3, 0.4) is 0 Å². The molecule has 6 heteroatoms. The Balaban J connectivity index is 2.68. The Hall–Kier alpha value is -2.11. The first kappa shape index (κ1) is 10.4. The fraction of sp³-hybridized carbons (Fsp3) is 0.300. The largest absolute Gasteiger partial charge is 0.492 e. The highest BCUT2D eigenvalue weighted by Gasteiger charge is 2.27. The molecule has 0 spiro atoms. The number of methoxy groups -OCH3 is 2. The lowest BCUT2D eigenvalue weighted by molar-refractivity contribution is 0.0996. The molecule has 1 heterocycles. The van der Waals surface area contributed by atoms with Gasteiger partial charge in [-0.25, -0.2) is 0 Å². The molecule has 6 nitrogen and oxygen atoms in total. The quantitative estimate of drug-likeness (QED) is 0.811. The van der Waals surface area contributed by atoms with Gasteiger partial charge < -0.3 is 24.7 Å². The SMILES string of the molecule is COc1c(C(N)=O)cc2c(c1OC)OCO2. The van der Waals surface area contributed by atoms with Crippen molar-refractivity contribution in [2.45, 2.75) is 0 Å². The molecule has 0 unspecified atom stereocenters. The van der Waals surface area contributed by atoms with Crippen LogP contribution in [0.25, 0.3) is 0 Å². The molecule has 1 aromatic carbocycles. The van der Waals surface area contributed by atoms with Crippen molar-refractivity contribution in [3.05, 3.63) is 11.6 Å². The summed E-state index contributed by atoms with van der Waals surface area (Å²) in [5, 5.41) is 0. The third-order valence-electron chi connectivity index (χ3n) is 2.25. The third-order valence-corrected chi connectivity index (χ3v) is 2.25. The molecule has 0 atom stereocenters. The number of rotatable bonds is 3. The van der Waals surface area contributed by atoms with Crippen LogP contribution in [0.2, 0.25) is 0 Å². The molecule has 86 valence electrons. The number of benzene rings is 1. The van der Waals surface area contributed by atoms with E-state index in [4.69, 9.17) is 24.7 Å². The average Bonchev–Trinajstić information content (AvgIpc) is 2.73. The molecule has 2 N–H and O–H groups in total. The van der Waals surface area contributed by atoms with Crippen molar-refractivity contribution in [1.29, 1.82) is 0 Å². The Labute approximate surface area is 91.8 Å². The minimum atomic E-state index is -0.617. The summed E-state index contributed by atoms with van der Waals surface area (Å²) >= 11 is 0. The van der Waals surface area contributed by atoms with Gasteiger partial charge in [0, 0.05) is 6.07 Å². The Morgan fingerprint density at radius 1 is 1.31 bits per heavy atom. The minimum absolute atomic E-state index is 0.0804. The second kappa shape index (κ2) is 3.80. The van der Waals surface area contributed by atoms with Gasteiger partial charge >= 0.3 is 0 Å². The lowest BCUT2D eigenvalue weighted by Crippen LogP contribution is -2.13.